The molecule has 1 fully saturated rings. The number of hydrogen-bond acceptors (Lipinski definition) is 4. The Labute approximate surface area is 248 Å². The molecule has 7 nitrogen and oxygen atoms in total. The van der Waals surface area contributed by atoms with Crippen LogP contribution in [0.15, 0.2) is 78.0 Å². The van der Waals surface area contributed by atoms with Crippen LogP contribution >= 0.6 is 11.6 Å². The number of amides is 1. The maximum absolute atomic E-state index is 14.0. The molecule has 0 bridgehead atoms. The number of halogens is 3. The van der Waals surface area contributed by atoms with Crippen molar-refractivity contribution in [2.24, 2.45) is 13.0 Å². The molecule has 1 amide bonds. The van der Waals surface area contributed by atoms with Crippen LogP contribution in [0.1, 0.15) is 53.7 Å². The smallest absolute Gasteiger partial charge is 0.241 e. The Morgan fingerprint density at radius 3 is 2.62 bits per heavy atom. The molecule has 1 heterocycles. The molecule has 1 aromatic heterocycles. The highest BCUT2D eigenvalue weighted by atomic mass is 35.5. The van der Waals surface area contributed by atoms with Crippen molar-refractivity contribution in [2.45, 2.75) is 49.1 Å². The topological polar surface area (TPSA) is 84.3 Å². The van der Waals surface area contributed by atoms with Crippen LogP contribution in [-0.4, -0.2) is 23.9 Å². The van der Waals surface area contributed by atoms with E-state index in [1.54, 1.807) is 23.2 Å². The van der Waals surface area contributed by atoms with Crippen molar-refractivity contribution in [3.05, 3.63) is 112 Å². The molecule has 2 aliphatic rings. The summed E-state index contributed by atoms with van der Waals surface area (Å²) in [5.41, 5.74) is 3.35. The quantitative estimate of drug-likeness (QED) is 0.263. The summed E-state index contributed by atoms with van der Waals surface area (Å²) in [5, 5.41) is -0.272. The van der Waals surface area contributed by atoms with Gasteiger partial charge in [-0.1, -0.05) is 29.8 Å². The summed E-state index contributed by atoms with van der Waals surface area (Å²) in [7, 11) is -2.14. The number of benzene rings is 3. The summed E-state index contributed by atoms with van der Waals surface area (Å²) in [6.07, 6.45) is 6.27. The first-order valence-corrected chi connectivity index (χ1v) is 15.6. The van der Waals surface area contributed by atoms with Gasteiger partial charge < -0.3 is 9.47 Å². The molecule has 1 N–H and O–H groups in total. The van der Waals surface area contributed by atoms with Gasteiger partial charge in [0.1, 0.15) is 17.5 Å². The zero-order valence-electron chi connectivity index (χ0n) is 22.8. The van der Waals surface area contributed by atoms with Gasteiger partial charge in [0.05, 0.1) is 16.5 Å². The number of carbonyl (C=O) groups excluding carboxylic acids is 1. The third-order valence-corrected chi connectivity index (χ3v) is 9.91. The van der Waals surface area contributed by atoms with Crippen LogP contribution in [0.3, 0.4) is 0 Å². The third-order valence-electron chi connectivity index (χ3n) is 8.15. The Balaban J connectivity index is 1.31. The van der Waals surface area contributed by atoms with Gasteiger partial charge in [0, 0.05) is 37.1 Å². The molecule has 0 radical (unpaired) electrons. The van der Waals surface area contributed by atoms with E-state index in [-0.39, 0.29) is 40.0 Å². The van der Waals surface area contributed by atoms with Crippen molar-refractivity contribution in [3.63, 3.8) is 0 Å². The molecule has 2 aliphatic carbocycles. The van der Waals surface area contributed by atoms with Crippen molar-refractivity contribution >= 4 is 33.2 Å². The number of nitrogens with zero attached hydrogens (tertiary/aromatic N) is 3. The fourth-order valence-electron chi connectivity index (χ4n) is 5.71. The molecule has 42 heavy (non-hydrogen) atoms. The van der Waals surface area contributed by atoms with E-state index in [1.165, 1.54) is 18.2 Å². The Kier molecular flexibility index (Phi) is 7.63. The normalized spacial score (nSPS) is 19.8. The molecule has 11 heteroatoms. The van der Waals surface area contributed by atoms with E-state index in [4.69, 9.17) is 11.6 Å². The first kappa shape index (κ1) is 28.5. The molecule has 0 spiro atoms. The lowest BCUT2D eigenvalue weighted by Crippen LogP contribution is -2.34. The van der Waals surface area contributed by atoms with Crippen LogP contribution in [0.4, 0.5) is 14.5 Å². The third kappa shape index (κ3) is 5.71. The number of nitrogens with one attached hydrogen (secondary N) is 1. The zero-order chi connectivity index (χ0) is 29.6. The van der Waals surface area contributed by atoms with E-state index < -0.39 is 21.9 Å². The molecule has 3 aromatic carbocycles. The van der Waals surface area contributed by atoms with Crippen LogP contribution in [0.25, 0.3) is 0 Å². The Hall–Kier alpha value is -3.60. The highest BCUT2D eigenvalue weighted by Crippen LogP contribution is 2.49. The van der Waals surface area contributed by atoms with Gasteiger partial charge in [-0.05, 0) is 90.8 Å². The van der Waals surface area contributed by atoms with Gasteiger partial charge in [0.15, 0.2) is 0 Å². The largest absolute Gasteiger partial charge is 0.337 e. The summed E-state index contributed by atoms with van der Waals surface area (Å²) in [4.78, 5) is 20.0. The molecule has 4 aromatic rings. The Bertz CT molecular complexity index is 1760. The van der Waals surface area contributed by atoms with E-state index in [1.807, 2.05) is 36.0 Å². The molecular formula is C31H29ClF2N4O3S. The van der Waals surface area contributed by atoms with Crippen LogP contribution in [0.2, 0.25) is 5.02 Å². The summed E-state index contributed by atoms with van der Waals surface area (Å²) < 4.78 is 58.3. The van der Waals surface area contributed by atoms with Gasteiger partial charge in [-0.3, -0.25) is 4.79 Å². The molecular weight excluding hydrogens is 582 g/mol. The predicted octanol–water partition coefficient (Wildman–Crippen LogP) is 6.04. The highest BCUT2D eigenvalue weighted by Gasteiger charge is 2.46. The number of anilines is 1. The van der Waals surface area contributed by atoms with Crippen LogP contribution < -0.4 is 9.62 Å². The van der Waals surface area contributed by atoms with Crippen molar-refractivity contribution < 1.29 is 22.0 Å². The van der Waals surface area contributed by atoms with Gasteiger partial charge in [-0.25, -0.2) is 26.9 Å². The second kappa shape index (κ2) is 11.2. The maximum atomic E-state index is 14.0. The fourth-order valence-corrected chi connectivity index (χ4v) is 7.23. The highest BCUT2D eigenvalue weighted by molar-refractivity contribution is 7.89. The summed E-state index contributed by atoms with van der Waals surface area (Å²) >= 11 is 5.86. The molecule has 1 saturated carbocycles. The van der Waals surface area contributed by atoms with E-state index in [2.05, 4.69) is 9.71 Å². The van der Waals surface area contributed by atoms with Crippen molar-refractivity contribution in [1.29, 1.82) is 0 Å². The monoisotopic (exact) mass is 610 g/mol. The van der Waals surface area contributed by atoms with Crippen molar-refractivity contribution in [2.75, 3.05) is 4.90 Å². The van der Waals surface area contributed by atoms with E-state index in [0.717, 1.165) is 41.7 Å². The second-order valence-electron chi connectivity index (χ2n) is 10.9. The minimum Gasteiger partial charge on any atom is -0.337 e. The molecule has 3 atom stereocenters. The predicted molar refractivity (Wildman–Crippen MR) is 155 cm³/mol. The van der Waals surface area contributed by atoms with Crippen molar-refractivity contribution in [3.8, 4) is 0 Å². The first-order valence-electron chi connectivity index (χ1n) is 13.7. The lowest BCUT2D eigenvalue weighted by molar-refractivity contribution is -0.120. The number of aryl methyl sites for hydroxylation is 2. The molecule has 218 valence electrons. The van der Waals surface area contributed by atoms with Crippen LogP contribution in [-0.2, 0) is 34.8 Å². The molecule has 3 unspecified atom stereocenters. The van der Waals surface area contributed by atoms with Crippen LogP contribution in [0.5, 0.6) is 0 Å². The number of hydrogen-bond donors (Lipinski definition) is 1. The number of imidazole rings is 1. The fraction of sp³-hybridized carbons (Fsp3) is 0.290. The SMILES string of the molecule is Cn1ccnc1CN(C(=O)C1CC1c1ccc(F)cc1)c1ccc2c(c1)C(NS(=O)(=O)c1ccc(F)c(Cl)c1)CCC2. The second-order valence-corrected chi connectivity index (χ2v) is 13.0. The van der Waals surface area contributed by atoms with Gasteiger partial charge in [-0.15, -0.1) is 0 Å². The van der Waals surface area contributed by atoms with Crippen LogP contribution in [0, 0.1) is 17.6 Å². The standard InChI is InChI=1S/C31H29ClF2N4O3S/c1-37-14-13-35-30(37)18-38(31(39)26-17-24(26)20-5-8-21(33)9-6-20)22-10-7-19-3-2-4-29(25(19)15-22)36-42(40,41)23-11-12-28(34)27(32)16-23/h5-16,24,26,29,36H,2-4,17-18H2,1H3. The lowest BCUT2D eigenvalue weighted by atomic mass is 9.87. The molecule has 0 saturated heterocycles. The first-order chi connectivity index (χ1) is 20.1. The lowest BCUT2D eigenvalue weighted by Gasteiger charge is -2.29. The maximum Gasteiger partial charge on any atom is 0.241 e. The summed E-state index contributed by atoms with van der Waals surface area (Å²) in [6, 6.07) is 14.8. The average Bonchev–Trinajstić information content (AvgIpc) is 3.67. The average molecular weight is 611 g/mol. The van der Waals surface area contributed by atoms with E-state index >= 15 is 0 Å². The van der Waals surface area contributed by atoms with Gasteiger partial charge >= 0.3 is 0 Å². The summed E-state index contributed by atoms with van der Waals surface area (Å²) in [6.45, 7) is 0.234. The summed E-state index contributed by atoms with van der Waals surface area (Å²) in [5.74, 6) is -0.642. The number of sulfonamides is 1. The van der Waals surface area contributed by atoms with Gasteiger partial charge in [-0.2, -0.15) is 0 Å². The van der Waals surface area contributed by atoms with Crippen molar-refractivity contribution in [1.82, 2.24) is 14.3 Å². The number of aromatic nitrogens is 2. The minimum absolute atomic E-state index is 0.00156. The van der Waals surface area contributed by atoms with Gasteiger partial charge in [0.2, 0.25) is 15.9 Å². The van der Waals surface area contributed by atoms with Gasteiger partial charge in [0.25, 0.3) is 0 Å². The number of rotatable bonds is 8. The number of carbonyl (C=O) groups is 1. The zero-order valence-corrected chi connectivity index (χ0v) is 24.4. The van der Waals surface area contributed by atoms with E-state index in [0.29, 0.717) is 24.4 Å². The minimum atomic E-state index is -4.00. The number of fused-ring (bicyclic) bond motifs is 1. The Morgan fingerprint density at radius 2 is 1.90 bits per heavy atom. The molecule has 0 aliphatic heterocycles. The van der Waals surface area contributed by atoms with E-state index in [9.17, 15) is 22.0 Å². The molecule has 6 rings (SSSR count). The Morgan fingerprint density at radius 1 is 1.12 bits per heavy atom.